The van der Waals surface area contributed by atoms with Gasteiger partial charge in [0.2, 0.25) is 5.91 Å². The van der Waals surface area contributed by atoms with Crippen molar-refractivity contribution in [2.75, 3.05) is 51.3 Å². The van der Waals surface area contributed by atoms with E-state index in [1.807, 2.05) is 67.3 Å². The molecule has 2 aromatic carbocycles. The minimum Gasteiger partial charge on any atom is -0.379 e. The molecule has 202 valence electrons. The summed E-state index contributed by atoms with van der Waals surface area (Å²) < 4.78 is 5.47. The number of ether oxygens (including phenoxy) is 1. The fraction of sp³-hybridized carbons (Fsp3) is 0.400. The molecule has 0 unspecified atom stereocenters. The van der Waals surface area contributed by atoms with Crippen LogP contribution in [0.2, 0.25) is 0 Å². The maximum Gasteiger partial charge on any atom is 0.322 e. The summed E-state index contributed by atoms with van der Waals surface area (Å²) in [5.41, 5.74) is 4.08. The summed E-state index contributed by atoms with van der Waals surface area (Å²) in [5, 5.41) is 3.02. The molecular weight excluding hydrogens is 496 g/mol. The summed E-state index contributed by atoms with van der Waals surface area (Å²) >= 11 is 1.70. The van der Waals surface area contributed by atoms with E-state index in [1.165, 1.54) is 10.4 Å². The molecule has 1 aliphatic heterocycles. The number of hydrogen-bond donors (Lipinski definition) is 1. The number of thiophene rings is 1. The maximum absolute atomic E-state index is 13.8. The summed E-state index contributed by atoms with van der Waals surface area (Å²) in [5.74, 6) is -0.0721. The van der Waals surface area contributed by atoms with Crippen LogP contribution < -0.4 is 5.32 Å². The first kappa shape index (κ1) is 27.8. The molecule has 7 nitrogen and oxygen atoms in total. The minimum absolute atomic E-state index is 0.0121. The van der Waals surface area contributed by atoms with E-state index in [2.05, 4.69) is 29.3 Å². The summed E-state index contributed by atoms with van der Waals surface area (Å²) in [6, 6.07) is 19.8. The third-order valence-electron chi connectivity index (χ3n) is 6.87. The lowest BCUT2D eigenvalue weighted by Gasteiger charge is -2.31. The fourth-order valence-electron chi connectivity index (χ4n) is 4.42. The largest absolute Gasteiger partial charge is 0.379 e. The fourth-order valence-corrected chi connectivity index (χ4v) is 5.32. The van der Waals surface area contributed by atoms with Crippen LogP contribution in [0.3, 0.4) is 0 Å². The van der Waals surface area contributed by atoms with Crippen molar-refractivity contribution in [3.8, 4) is 0 Å². The zero-order chi connectivity index (χ0) is 26.9. The van der Waals surface area contributed by atoms with Crippen molar-refractivity contribution in [1.29, 1.82) is 0 Å². The molecule has 1 aliphatic rings. The van der Waals surface area contributed by atoms with Crippen molar-refractivity contribution in [1.82, 2.24) is 14.7 Å². The van der Waals surface area contributed by atoms with Crippen LogP contribution >= 0.6 is 11.3 Å². The molecule has 0 saturated carbocycles. The van der Waals surface area contributed by atoms with Crippen LogP contribution in [-0.4, -0.2) is 72.6 Å². The Kier molecular flexibility index (Phi) is 9.92. The highest BCUT2D eigenvalue weighted by molar-refractivity contribution is 7.11. The average molecular weight is 535 g/mol. The van der Waals surface area contributed by atoms with E-state index < -0.39 is 0 Å². The number of amides is 3. The molecule has 4 rings (SSSR count). The number of hydrogen-bond acceptors (Lipinski definition) is 5. The van der Waals surface area contributed by atoms with Crippen molar-refractivity contribution in [3.05, 3.63) is 87.1 Å². The Morgan fingerprint density at radius 1 is 0.921 bits per heavy atom. The molecular formula is C30H38N4O3S. The molecule has 0 radical (unpaired) electrons. The van der Waals surface area contributed by atoms with Crippen molar-refractivity contribution in [2.24, 2.45) is 0 Å². The van der Waals surface area contributed by atoms with E-state index in [-0.39, 0.29) is 18.5 Å². The third kappa shape index (κ3) is 8.15. The number of nitrogens with zero attached hydrogens (tertiary/aromatic N) is 3. The molecule has 1 fully saturated rings. The first-order valence-corrected chi connectivity index (χ1v) is 14.0. The monoisotopic (exact) mass is 534 g/mol. The number of nitrogens with one attached hydrogen (secondary N) is 1. The highest BCUT2D eigenvalue weighted by Crippen LogP contribution is 2.20. The SMILES string of the molecule is Cc1ccc(CN(Cc2ccccc2)C(=O)CN(CCN2CCOCC2)C(=O)Nc2ccc(C)c(C)c2)s1. The van der Waals surface area contributed by atoms with Crippen LogP contribution in [0, 0.1) is 20.8 Å². The van der Waals surface area contributed by atoms with Gasteiger partial charge >= 0.3 is 6.03 Å². The van der Waals surface area contributed by atoms with E-state index in [1.54, 1.807) is 16.2 Å². The van der Waals surface area contributed by atoms with E-state index in [0.29, 0.717) is 39.4 Å². The highest BCUT2D eigenvalue weighted by atomic mass is 32.1. The number of anilines is 1. The molecule has 8 heteroatoms. The number of urea groups is 1. The molecule has 3 aromatic rings. The normalized spacial score (nSPS) is 13.8. The summed E-state index contributed by atoms with van der Waals surface area (Å²) in [4.78, 5) is 35.3. The van der Waals surface area contributed by atoms with Crippen molar-refractivity contribution >= 4 is 29.0 Å². The second-order valence-corrected chi connectivity index (χ2v) is 11.2. The average Bonchev–Trinajstić information content (AvgIpc) is 3.33. The highest BCUT2D eigenvalue weighted by Gasteiger charge is 2.24. The Morgan fingerprint density at radius 3 is 2.37 bits per heavy atom. The van der Waals surface area contributed by atoms with Gasteiger partial charge in [0.05, 0.1) is 19.8 Å². The van der Waals surface area contributed by atoms with Gasteiger partial charge in [-0.05, 0) is 61.7 Å². The quantitative estimate of drug-likeness (QED) is 0.395. The van der Waals surface area contributed by atoms with Gasteiger partial charge in [0, 0.05) is 48.2 Å². The van der Waals surface area contributed by atoms with Crippen molar-refractivity contribution in [3.63, 3.8) is 0 Å². The standard InChI is InChI=1S/C30H38N4O3S/c1-23-9-11-27(19-24(23)2)31-30(36)33(14-13-32-15-17-37-18-16-32)22-29(35)34(20-26-7-5-4-6-8-26)21-28-12-10-25(3)38-28/h4-12,19H,13-18,20-22H2,1-3H3,(H,31,36). The van der Waals surface area contributed by atoms with Crippen molar-refractivity contribution in [2.45, 2.75) is 33.9 Å². The number of morpholine rings is 1. The maximum atomic E-state index is 13.8. The van der Waals surface area contributed by atoms with Gasteiger partial charge < -0.3 is 19.9 Å². The second kappa shape index (κ2) is 13.6. The molecule has 0 aliphatic carbocycles. The lowest BCUT2D eigenvalue weighted by Crippen LogP contribution is -2.48. The first-order valence-electron chi connectivity index (χ1n) is 13.2. The summed E-state index contributed by atoms with van der Waals surface area (Å²) in [6.07, 6.45) is 0. The van der Waals surface area contributed by atoms with Crippen LogP contribution in [0.25, 0.3) is 0 Å². The number of aryl methyl sites for hydroxylation is 3. The topological polar surface area (TPSA) is 65.1 Å². The molecule has 2 heterocycles. The summed E-state index contributed by atoms with van der Waals surface area (Å²) in [6.45, 7) is 11.4. The van der Waals surface area contributed by atoms with Crippen molar-refractivity contribution < 1.29 is 14.3 Å². The molecule has 0 atom stereocenters. The van der Waals surface area contributed by atoms with Gasteiger partial charge in [-0.1, -0.05) is 36.4 Å². The number of carbonyl (C=O) groups is 2. The van der Waals surface area contributed by atoms with Gasteiger partial charge in [0.25, 0.3) is 0 Å². The van der Waals surface area contributed by atoms with Crippen LogP contribution in [0.15, 0.2) is 60.7 Å². The number of carbonyl (C=O) groups excluding carboxylic acids is 2. The van der Waals surface area contributed by atoms with E-state index in [4.69, 9.17) is 4.74 Å². The lowest BCUT2D eigenvalue weighted by molar-refractivity contribution is -0.133. The molecule has 1 saturated heterocycles. The Bertz CT molecular complexity index is 1210. The molecule has 38 heavy (non-hydrogen) atoms. The van der Waals surface area contributed by atoms with E-state index in [0.717, 1.165) is 34.8 Å². The molecule has 0 spiro atoms. The van der Waals surface area contributed by atoms with Gasteiger partial charge in [0.15, 0.2) is 0 Å². The Hall–Kier alpha value is -3.20. The van der Waals surface area contributed by atoms with Crippen LogP contribution in [0.4, 0.5) is 10.5 Å². The van der Waals surface area contributed by atoms with Crippen LogP contribution in [0.1, 0.15) is 26.4 Å². The Balaban J connectivity index is 1.50. The second-order valence-electron chi connectivity index (χ2n) is 9.85. The predicted molar refractivity (Wildman–Crippen MR) is 154 cm³/mol. The van der Waals surface area contributed by atoms with Gasteiger partial charge in [-0.25, -0.2) is 4.79 Å². The Labute approximate surface area is 230 Å². The third-order valence-corrected chi connectivity index (χ3v) is 7.86. The zero-order valence-corrected chi connectivity index (χ0v) is 23.4. The zero-order valence-electron chi connectivity index (χ0n) is 22.6. The van der Waals surface area contributed by atoms with Crippen LogP contribution in [0.5, 0.6) is 0 Å². The van der Waals surface area contributed by atoms with Gasteiger partial charge in [-0.2, -0.15) is 0 Å². The predicted octanol–water partition coefficient (Wildman–Crippen LogP) is 5.07. The van der Waals surface area contributed by atoms with Gasteiger partial charge in [-0.3, -0.25) is 9.69 Å². The smallest absolute Gasteiger partial charge is 0.322 e. The number of rotatable bonds is 10. The van der Waals surface area contributed by atoms with Gasteiger partial charge in [-0.15, -0.1) is 11.3 Å². The molecule has 1 N–H and O–H groups in total. The molecule has 0 bridgehead atoms. The van der Waals surface area contributed by atoms with Crippen LogP contribution in [-0.2, 0) is 22.6 Å². The van der Waals surface area contributed by atoms with E-state index >= 15 is 0 Å². The first-order chi connectivity index (χ1) is 18.4. The Morgan fingerprint density at radius 2 is 1.68 bits per heavy atom. The lowest BCUT2D eigenvalue weighted by atomic mass is 10.1. The van der Waals surface area contributed by atoms with E-state index in [9.17, 15) is 9.59 Å². The summed E-state index contributed by atoms with van der Waals surface area (Å²) in [7, 11) is 0. The number of benzene rings is 2. The molecule has 1 aromatic heterocycles. The minimum atomic E-state index is -0.263. The molecule has 3 amide bonds. The van der Waals surface area contributed by atoms with Gasteiger partial charge in [0.1, 0.15) is 6.54 Å².